The van der Waals surface area contributed by atoms with Gasteiger partial charge in [0.2, 0.25) is 23.6 Å². The van der Waals surface area contributed by atoms with Crippen molar-refractivity contribution in [3.63, 3.8) is 0 Å². The highest BCUT2D eigenvalue weighted by Crippen LogP contribution is 2.22. The van der Waals surface area contributed by atoms with E-state index in [2.05, 4.69) is 36.9 Å². The molecule has 3 heterocycles. The first-order valence-corrected chi connectivity index (χ1v) is 17.3. The Morgan fingerprint density at radius 1 is 0.880 bits per heavy atom. The maximum absolute atomic E-state index is 12.9. The first kappa shape index (κ1) is 41.2. The average molecular weight is 716 g/mol. The summed E-state index contributed by atoms with van der Waals surface area (Å²) in [6.45, 7) is 0.718. The van der Waals surface area contributed by atoms with E-state index in [4.69, 9.17) is 27.7 Å². The van der Waals surface area contributed by atoms with Gasteiger partial charge in [-0.3, -0.25) is 19.2 Å². The van der Waals surface area contributed by atoms with Crippen LogP contribution < -0.4 is 54.8 Å². The van der Waals surface area contributed by atoms with E-state index in [-0.39, 0.29) is 61.6 Å². The number of nitrogens with zero attached hydrogens (tertiary/aromatic N) is 1. The molecule has 20 nitrogen and oxygen atoms in total. The number of piperidine rings is 1. The summed E-state index contributed by atoms with van der Waals surface area (Å²) in [5.74, 6) is -1.21. The second-order valence-electron chi connectivity index (χ2n) is 13.2. The minimum atomic E-state index is -1.55. The van der Waals surface area contributed by atoms with E-state index in [0.717, 1.165) is 6.42 Å². The molecule has 3 rings (SSSR count). The van der Waals surface area contributed by atoms with Gasteiger partial charge in [-0.25, -0.2) is 4.99 Å². The van der Waals surface area contributed by atoms with Gasteiger partial charge in [0.25, 0.3) is 0 Å². The van der Waals surface area contributed by atoms with Gasteiger partial charge < -0.3 is 80.0 Å². The molecule has 20 heteroatoms. The number of rotatable bonds is 20. The van der Waals surface area contributed by atoms with Crippen LogP contribution in [0.2, 0.25) is 0 Å². The van der Waals surface area contributed by atoms with Crippen LogP contribution in [0.1, 0.15) is 57.8 Å². The number of carbonyl (C=O) groups excluding carboxylic acids is 4. The molecule has 0 radical (unpaired) electrons. The van der Waals surface area contributed by atoms with E-state index in [9.17, 15) is 39.6 Å². The number of β-amino-alcohol motifs (C(OH)–C–C–N with tert-alkyl or cyclic N) is 1. The van der Waals surface area contributed by atoms with Gasteiger partial charge in [0.15, 0.2) is 18.2 Å². The van der Waals surface area contributed by atoms with E-state index in [1.807, 2.05) is 0 Å². The Kier molecular flexibility index (Phi) is 17.0. The molecule has 11 atom stereocenters. The zero-order chi connectivity index (χ0) is 36.8. The van der Waals surface area contributed by atoms with Crippen molar-refractivity contribution in [2.75, 3.05) is 32.8 Å². The van der Waals surface area contributed by atoms with E-state index in [1.165, 1.54) is 0 Å². The predicted molar refractivity (Wildman–Crippen MR) is 181 cm³/mol. The third-order valence-corrected chi connectivity index (χ3v) is 8.88. The molecule has 3 aliphatic rings. The average Bonchev–Trinajstić information content (AvgIpc) is 3.50. The Balaban J connectivity index is 1.35. The number of fused-ring (bicyclic) bond motifs is 1. The summed E-state index contributed by atoms with van der Waals surface area (Å²) in [5, 5.41) is 57.7. The fourth-order valence-corrected chi connectivity index (χ4v) is 6.05. The standard InChI is InChI=1S/C30H57N11O9/c31-7-1-4-15(32)10-20(44)35-8-2-5-16(33)11-21(45)36-9-3-6-17(34)12-22(46)38-25-27(48)26(47)19(14-42)50-29(25)41-30-39-23-18(43)13-37-28(49)24(23)40-30/h15-19,23-27,29,42-43,47-48H,1-14,31-34H2,(H,35,44)(H,36,45)(H,37,49)(H,38,46)(H2,39,40,41)/t15?,16?,17?,18-,19-,23+,24-,25-,26+,27+,29-/m1/s1. The van der Waals surface area contributed by atoms with Crippen LogP contribution in [-0.2, 0) is 23.9 Å². The van der Waals surface area contributed by atoms with Crippen molar-refractivity contribution in [3.05, 3.63) is 0 Å². The van der Waals surface area contributed by atoms with E-state index in [1.54, 1.807) is 0 Å². The molecule has 0 spiro atoms. The van der Waals surface area contributed by atoms with Crippen LogP contribution in [0.3, 0.4) is 0 Å². The fraction of sp³-hybridized carbons (Fsp3) is 0.833. The van der Waals surface area contributed by atoms with Crippen LogP contribution in [0, 0.1) is 0 Å². The number of amides is 4. The SMILES string of the molecule is NCCCC(N)CC(=O)NCCCC(N)CC(=O)NCCCC(N)CC(=O)N[C@@H]1[C@H](O)[C@@H](O)[C@@H](CO)O[C@H]1NC1=N[C@H]2C(=O)NC[C@@H](O)[C@@H]2N1. The largest absolute Gasteiger partial charge is 0.394 e. The second kappa shape index (κ2) is 20.6. The predicted octanol–water partition coefficient (Wildman–Crippen LogP) is -6.63. The monoisotopic (exact) mass is 715 g/mol. The van der Waals surface area contributed by atoms with Crippen LogP contribution in [0.5, 0.6) is 0 Å². The molecule has 3 unspecified atom stereocenters. The number of nitrogens with one attached hydrogen (secondary N) is 6. The molecule has 0 saturated carbocycles. The number of nitrogens with two attached hydrogens (primary N) is 4. The molecule has 0 aromatic carbocycles. The number of hydrogen-bond acceptors (Lipinski definition) is 16. The summed E-state index contributed by atoms with van der Waals surface area (Å²) in [5.41, 5.74) is 23.6. The van der Waals surface area contributed by atoms with Crippen LogP contribution in [-0.4, -0.2) is 150 Å². The van der Waals surface area contributed by atoms with Gasteiger partial charge in [0, 0.05) is 57.0 Å². The summed E-state index contributed by atoms with van der Waals surface area (Å²) in [6, 6.07) is -4.00. The van der Waals surface area contributed by atoms with Crippen LogP contribution in [0.25, 0.3) is 0 Å². The van der Waals surface area contributed by atoms with E-state index < -0.39 is 67.3 Å². The molecule has 18 N–H and O–H groups in total. The van der Waals surface area contributed by atoms with Gasteiger partial charge in [0.1, 0.15) is 24.4 Å². The van der Waals surface area contributed by atoms with Crippen LogP contribution in [0.15, 0.2) is 4.99 Å². The first-order valence-electron chi connectivity index (χ1n) is 17.3. The van der Waals surface area contributed by atoms with Gasteiger partial charge in [0.05, 0.1) is 18.8 Å². The summed E-state index contributed by atoms with van der Waals surface area (Å²) < 4.78 is 5.72. The lowest BCUT2D eigenvalue weighted by Crippen LogP contribution is -2.69. The van der Waals surface area contributed by atoms with E-state index >= 15 is 0 Å². The lowest BCUT2D eigenvalue weighted by molar-refractivity contribution is -0.198. The second-order valence-corrected chi connectivity index (χ2v) is 13.2. The Hall–Kier alpha value is -3.21. The molecular weight excluding hydrogens is 658 g/mol. The number of hydrogen-bond donors (Lipinski definition) is 14. The van der Waals surface area contributed by atoms with E-state index in [0.29, 0.717) is 51.7 Å². The quantitative estimate of drug-likeness (QED) is 0.0521. The Morgan fingerprint density at radius 3 is 1.98 bits per heavy atom. The molecule has 4 amide bonds. The normalized spacial score (nSPS) is 29.4. The number of aliphatic hydroxyl groups excluding tert-OH is 4. The van der Waals surface area contributed by atoms with Crippen LogP contribution in [0.4, 0.5) is 0 Å². The van der Waals surface area contributed by atoms with Crippen molar-refractivity contribution in [1.82, 2.24) is 31.9 Å². The molecule has 3 aliphatic heterocycles. The fourth-order valence-electron chi connectivity index (χ4n) is 6.05. The summed E-state index contributed by atoms with van der Waals surface area (Å²) in [7, 11) is 0. The van der Waals surface area contributed by atoms with Crippen molar-refractivity contribution in [2.45, 2.75) is 125 Å². The molecule has 0 bridgehead atoms. The van der Waals surface area contributed by atoms with Crippen molar-refractivity contribution in [2.24, 2.45) is 27.9 Å². The topological polar surface area (TPSA) is 347 Å². The molecular formula is C30H57N11O9. The molecule has 50 heavy (non-hydrogen) atoms. The number of ether oxygens (including phenoxy) is 1. The van der Waals surface area contributed by atoms with Gasteiger partial charge in [-0.05, 0) is 45.1 Å². The Morgan fingerprint density at radius 2 is 1.44 bits per heavy atom. The first-order chi connectivity index (χ1) is 23.8. The maximum atomic E-state index is 12.9. The number of aliphatic imine (C=N–C) groups is 1. The molecule has 0 aromatic heterocycles. The summed E-state index contributed by atoms with van der Waals surface area (Å²) >= 11 is 0. The number of carbonyl (C=O) groups is 4. The van der Waals surface area contributed by atoms with Crippen molar-refractivity contribution >= 4 is 29.6 Å². The molecule has 0 aromatic rings. The number of aliphatic hydroxyl groups is 4. The van der Waals surface area contributed by atoms with Crippen LogP contribution >= 0.6 is 0 Å². The lowest BCUT2D eigenvalue weighted by atomic mass is 9.95. The summed E-state index contributed by atoms with van der Waals surface area (Å²) in [6.07, 6.45) is -2.63. The van der Waals surface area contributed by atoms with Crippen molar-refractivity contribution in [3.8, 4) is 0 Å². The number of guanidine groups is 1. The van der Waals surface area contributed by atoms with Gasteiger partial charge in [-0.1, -0.05) is 0 Å². The molecule has 0 aliphatic carbocycles. The minimum Gasteiger partial charge on any atom is -0.394 e. The maximum Gasteiger partial charge on any atom is 0.247 e. The third kappa shape index (κ3) is 12.8. The molecule has 286 valence electrons. The highest BCUT2D eigenvalue weighted by molar-refractivity contribution is 5.92. The van der Waals surface area contributed by atoms with Gasteiger partial charge >= 0.3 is 0 Å². The zero-order valence-corrected chi connectivity index (χ0v) is 28.3. The zero-order valence-electron chi connectivity index (χ0n) is 28.3. The minimum absolute atomic E-state index is 0.0453. The highest BCUT2D eigenvalue weighted by atomic mass is 16.5. The third-order valence-electron chi connectivity index (χ3n) is 8.88. The lowest BCUT2D eigenvalue weighted by Gasteiger charge is -2.43. The highest BCUT2D eigenvalue weighted by Gasteiger charge is 2.47. The molecule has 2 saturated heterocycles. The molecule has 2 fully saturated rings. The van der Waals surface area contributed by atoms with Crippen molar-refractivity contribution < 1.29 is 44.3 Å². The van der Waals surface area contributed by atoms with Gasteiger partial charge in [-0.2, -0.15) is 0 Å². The van der Waals surface area contributed by atoms with Crippen molar-refractivity contribution in [1.29, 1.82) is 0 Å². The van der Waals surface area contributed by atoms with Gasteiger partial charge in [-0.15, -0.1) is 0 Å². The Bertz CT molecular complexity index is 1150. The Labute approximate surface area is 291 Å². The smallest absolute Gasteiger partial charge is 0.247 e. The summed E-state index contributed by atoms with van der Waals surface area (Å²) in [4.78, 5) is 53.6.